The third-order valence-electron chi connectivity index (χ3n) is 3.76. The number of aromatic nitrogens is 2. The van der Waals surface area contributed by atoms with Crippen molar-refractivity contribution in [2.45, 2.75) is 38.3 Å². The molecule has 19 heavy (non-hydrogen) atoms. The van der Waals surface area contributed by atoms with Gasteiger partial charge in [-0.25, -0.2) is 0 Å². The monoisotopic (exact) mass is 266 g/mol. The van der Waals surface area contributed by atoms with E-state index in [1.807, 2.05) is 6.92 Å². The number of piperazine rings is 1. The molecule has 0 amide bonds. The number of rotatable bonds is 5. The Hall–Kier alpha value is -0.980. The quantitative estimate of drug-likeness (QED) is 0.834. The van der Waals surface area contributed by atoms with Gasteiger partial charge in [0.25, 0.3) is 0 Å². The first-order valence-electron chi connectivity index (χ1n) is 7.16. The molecule has 2 aliphatic rings. The maximum atomic E-state index is 9.38. The lowest BCUT2D eigenvalue weighted by Crippen LogP contribution is -2.47. The van der Waals surface area contributed by atoms with Gasteiger partial charge < -0.3 is 9.52 Å². The van der Waals surface area contributed by atoms with Gasteiger partial charge in [-0.2, -0.15) is 0 Å². The molecule has 1 aliphatic carbocycles. The van der Waals surface area contributed by atoms with Crippen molar-refractivity contribution in [2.75, 3.05) is 32.7 Å². The molecule has 1 N–H and O–H groups in total. The molecule has 106 valence electrons. The van der Waals surface area contributed by atoms with Gasteiger partial charge in [0.1, 0.15) is 0 Å². The molecule has 1 saturated carbocycles. The summed E-state index contributed by atoms with van der Waals surface area (Å²) in [6.07, 6.45) is 2.14. The molecular weight excluding hydrogens is 244 g/mol. The van der Waals surface area contributed by atoms with Gasteiger partial charge in [0.15, 0.2) is 0 Å². The van der Waals surface area contributed by atoms with Crippen molar-refractivity contribution in [3.8, 4) is 0 Å². The Balaban J connectivity index is 1.46. The van der Waals surface area contributed by atoms with Gasteiger partial charge in [-0.05, 0) is 19.8 Å². The summed E-state index contributed by atoms with van der Waals surface area (Å²) < 4.78 is 5.68. The molecule has 0 spiro atoms. The standard InChI is InChI=1S/C13H22N4O2/c1-10(18)8-16-4-6-17(7-5-16)9-12-14-15-13(19-12)11-2-3-11/h10-11,18H,2-9H2,1H3. The highest BCUT2D eigenvalue weighted by Crippen LogP contribution is 2.39. The fourth-order valence-corrected chi connectivity index (χ4v) is 2.52. The number of nitrogens with zero attached hydrogens (tertiary/aromatic N) is 4. The second-order valence-electron chi connectivity index (χ2n) is 5.73. The smallest absolute Gasteiger partial charge is 0.230 e. The van der Waals surface area contributed by atoms with Crippen molar-refractivity contribution in [1.82, 2.24) is 20.0 Å². The van der Waals surface area contributed by atoms with Crippen LogP contribution in [0.5, 0.6) is 0 Å². The van der Waals surface area contributed by atoms with Crippen molar-refractivity contribution in [3.05, 3.63) is 11.8 Å². The molecule has 2 fully saturated rings. The van der Waals surface area contributed by atoms with Gasteiger partial charge >= 0.3 is 0 Å². The van der Waals surface area contributed by atoms with Gasteiger partial charge in [-0.3, -0.25) is 9.80 Å². The zero-order valence-corrected chi connectivity index (χ0v) is 11.5. The van der Waals surface area contributed by atoms with Crippen LogP contribution in [0.25, 0.3) is 0 Å². The van der Waals surface area contributed by atoms with Gasteiger partial charge in [0.05, 0.1) is 12.6 Å². The highest BCUT2D eigenvalue weighted by atomic mass is 16.4. The molecule has 1 aliphatic heterocycles. The summed E-state index contributed by atoms with van der Waals surface area (Å²) in [6.45, 7) is 7.33. The number of hydrogen-bond donors (Lipinski definition) is 1. The van der Waals surface area contributed by atoms with Crippen LogP contribution in [-0.4, -0.2) is 63.9 Å². The maximum absolute atomic E-state index is 9.38. The lowest BCUT2D eigenvalue weighted by Gasteiger charge is -2.34. The summed E-state index contributed by atoms with van der Waals surface area (Å²) in [7, 11) is 0. The Kier molecular flexibility index (Phi) is 3.81. The van der Waals surface area contributed by atoms with E-state index in [1.54, 1.807) is 0 Å². The maximum Gasteiger partial charge on any atom is 0.230 e. The highest BCUT2D eigenvalue weighted by molar-refractivity contribution is 5.00. The number of β-amino-alcohol motifs (C(OH)–C–C–N with tert-alkyl or cyclic N) is 1. The average molecular weight is 266 g/mol. The van der Waals surface area contributed by atoms with Crippen LogP contribution in [0.2, 0.25) is 0 Å². The minimum absolute atomic E-state index is 0.247. The van der Waals surface area contributed by atoms with Crippen LogP contribution in [-0.2, 0) is 6.54 Å². The van der Waals surface area contributed by atoms with Gasteiger partial charge in [0.2, 0.25) is 11.8 Å². The molecule has 3 rings (SSSR count). The first kappa shape index (κ1) is 13.0. The molecule has 1 aromatic rings. The van der Waals surface area contributed by atoms with Crippen molar-refractivity contribution < 1.29 is 9.52 Å². The van der Waals surface area contributed by atoms with E-state index in [0.29, 0.717) is 5.92 Å². The van der Waals surface area contributed by atoms with Crippen molar-refractivity contribution in [1.29, 1.82) is 0 Å². The minimum Gasteiger partial charge on any atom is -0.424 e. The molecule has 2 heterocycles. The van der Waals surface area contributed by atoms with E-state index >= 15 is 0 Å². The Morgan fingerprint density at radius 1 is 1.21 bits per heavy atom. The molecule has 1 atom stereocenters. The van der Waals surface area contributed by atoms with E-state index in [9.17, 15) is 5.11 Å². The Bertz CT molecular complexity index is 409. The molecule has 6 heteroatoms. The molecule has 1 saturated heterocycles. The van der Waals surface area contributed by atoms with Crippen LogP contribution >= 0.6 is 0 Å². The summed E-state index contributed by atoms with van der Waals surface area (Å²) in [5, 5.41) is 17.6. The van der Waals surface area contributed by atoms with Crippen molar-refractivity contribution in [3.63, 3.8) is 0 Å². The van der Waals surface area contributed by atoms with E-state index in [1.165, 1.54) is 12.8 Å². The molecule has 0 radical (unpaired) electrons. The zero-order chi connectivity index (χ0) is 13.2. The lowest BCUT2D eigenvalue weighted by atomic mass is 10.3. The SMILES string of the molecule is CC(O)CN1CCN(Cc2nnc(C3CC3)o2)CC1. The number of aliphatic hydroxyl groups is 1. The molecule has 1 unspecified atom stereocenters. The average Bonchev–Trinajstić information content (AvgIpc) is 3.12. The van der Waals surface area contributed by atoms with Crippen LogP contribution in [0.3, 0.4) is 0 Å². The molecule has 1 aromatic heterocycles. The van der Waals surface area contributed by atoms with E-state index in [-0.39, 0.29) is 6.10 Å². The van der Waals surface area contributed by atoms with Crippen molar-refractivity contribution >= 4 is 0 Å². The predicted octanol–water partition coefficient (Wildman–Crippen LogP) is 0.445. The van der Waals surface area contributed by atoms with Gasteiger partial charge in [0, 0.05) is 38.6 Å². The van der Waals surface area contributed by atoms with E-state index in [0.717, 1.165) is 51.0 Å². The molecule has 0 aromatic carbocycles. The summed E-state index contributed by atoms with van der Waals surface area (Å²) in [4.78, 5) is 4.63. The van der Waals surface area contributed by atoms with Crippen LogP contribution in [0.4, 0.5) is 0 Å². The fraction of sp³-hybridized carbons (Fsp3) is 0.846. The molecular formula is C13H22N4O2. The largest absolute Gasteiger partial charge is 0.424 e. The Labute approximate surface area is 113 Å². The summed E-state index contributed by atoms with van der Waals surface area (Å²) in [5.74, 6) is 2.10. The van der Waals surface area contributed by atoms with E-state index in [4.69, 9.17) is 4.42 Å². The third-order valence-corrected chi connectivity index (χ3v) is 3.76. The highest BCUT2D eigenvalue weighted by Gasteiger charge is 2.29. The molecule has 0 bridgehead atoms. The van der Waals surface area contributed by atoms with E-state index < -0.39 is 0 Å². The fourth-order valence-electron chi connectivity index (χ4n) is 2.52. The topological polar surface area (TPSA) is 65.6 Å². The lowest BCUT2D eigenvalue weighted by molar-refractivity contribution is 0.0745. The molecule has 6 nitrogen and oxygen atoms in total. The second kappa shape index (κ2) is 5.56. The van der Waals surface area contributed by atoms with Crippen LogP contribution < -0.4 is 0 Å². The Morgan fingerprint density at radius 2 is 1.89 bits per heavy atom. The minimum atomic E-state index is -0.247. The van der Waals surface area contributed by atoms with Crippen LogP contribution in [0.1, 0.15) is 37.5 Å². The predicted molar refractivity (Wildman–Crippen MR) is 69.7 cm³/mol. The first-order valence-corrected chi connectivity index (χ1v) is 7.16. The second-order valence-corrected chi connectivity index (χ2v) is 5.73. The Morgan fingerprint density at radius 3 is 2.53 bits per heavy atom. The van der Waals surface area contributed by atoms with E-state index in [2.05, 4.69) is 20.0 Å². The zero-order valence-electron chi connectivity index (χ0n) is 11.5. The van der Waals surface area contributed by atoms with Gasteiger partial charge in [-0.15, -0.1) is 10.2 Å². The normalized spacial score (nSPS) is 23.7. The summed E-state index contributed by atoms with van der Waals surface area (Å²) in [5.41, 5.74) is 0. The van der Waals surface area contributed by atoms with Gasteiger partial charge in [-0.1, -0.05) is 0 Å². The first-order chi connectivity index (χ1) is 9.20. The number of hydrogen-bond acceptors (Lipinski definition) is 6. The third kappa shape index (κ3) is 3.52. The van der Waals surface area contributed by atoms with Crippen molar-refractivity contribution in [2.24, 2.45) is 0 Å². The van der Waals surface area contributed by atoms with Crippen LogP contribution in [0, 0.1) is 0 Å². The summed E-state index contributed by atoms with van der Waals surface area (Å²) >= 11 is 0. The summed E-state index contributed by atoms with van der Waals surface area (Å²) in [6, 6.07) is 0. The van der Waals surface area contributed by atoms with Crippen LogP contribution in [0.15, 0.2) is 4.42 Å². The number of aliphatic hydroxyl groups excluding tert-OH is 1.